The molecule has 0 amide bonds. The number of aromatic nitrogens is 1. The number of benzene rings is 9. The van der Waals surface area contributed by atoms with Crippen molar-refractivity contribution in [2.75, 3.05) is 4.90 Å². The standard InChI is InChI=1S/C64H50N2O/c1-3-19-43(20-4-1)49-31-16-21-44-22-17-32-54(63(44)49)51-28-8-12-35-58(51)66(59-36-13-9-29-52(59)55-33-18-38-62-64(55)56-30-10-14-37-61(56)67-62)48-26-15-23-45(41-48)46-39-40-53-50-27-7-11-34-57(50)65(60(53)42-46)47-24-5-2-6-25-47/h2,5-18,21-30,32-43,49H,1,3-4,19-20,31H2. The molecule has 11 aromatic rings. The van der Waals surface area contributed by atoms with Gasteiger partial charge in [-0.2, -0.15) is 0 Å². The number of furan rings is 1. The molecule has 2 aliphatic carbocycles. The third-order valence-corrected chi connectivity index (χ3v) is 14.8. The molecular formula is C64H50N2O. The minimum atomic E-state index is 0.502. The second-order valence-electron chi connectivity index (χ2n) is 18.6. The van der Waals surface area contributed by atoms with Gasteiger partial charge in [0.05, 0.1) is 22.4 Å². The fraction of sp³-hybridized carbons (Fsp3) is 0.125. The average molecular weight is 863 g/mol. The normalized spacial score (nSPS) is 15.1. The zero-order valence-electron chi connectivity index (χ0n) is 37.5. The van der Waals surface area contributed by atoms with E-state index < -0.39 is 0 Å². The van der Waals surface area contributed by atoms with E-state index in [0.29, 0.717) is 11.8 Å². The number of para-hydroxylation sites is 5. The van der Waals surface area contributed by atoms with Gasteiger partial charge in [0.25, 0.3) is 0 Å². The smallest absolute Gasteiger partial charge is 0.136 e. The first kappa shape index (κ1) is 39.5. The van der Waals surface area contributed by atoms with Crippen LogP contribution in [0, 0.1) is 5.92 Å². The van der Waals surface area contributed by atoms with Gasteiger partial charge in [0.2, 0.25) is 0 Å². The SMILES string of the molecule is C1=Cc2cccc(-c3ccccc3N(c3cccc(-c4ccc5c6ccccc6n(-c6ccccc6)c5c4)c3)c3ccccc3-c3cccc4oc5ccccc5c34)c2C(C2CCCCC2)C1. The Morgan fingerprint density at radius 3 is 1.96 bits per heavy atom. The van der Waals surface area contributed by atoms with Crippen LogP contribution in [0.3, 0.4) is 0 Å². The Balaban J connectivity index is 1.04. The minimum absolute atomic E-state index is 0.502. The van der Waals surface area contributed by atoms with Crippen LogP contribution in [0.15, 0.2) is 217 Å². The van der Waals surface area contributed by atoms with Crippen molar-refractivity contribution in [1.29, 1.82) is 0 Å². The number of nitrogens with zero attached hydrogens (tertiary/aromatic N) is 2. The molecule has 3 heteroatoms. The average Bonchev–Trinajstić information content (AvgIpc) is 3.95. The van der Waals surface area contributed by atoms with Crippen LogP contribution in [0.25, 0.3) is 88.9 Å². The topological polar surface area (TPSA) is 21.3 Å². The minimum Gasteiger partial charge on any atom is -0.456 e. The second kappa shape index (κ2) is 16.5. The summed E-state index contributed by atoms with van der Waals surface area (Å²) in [6, 6.07) is 75.7. The third kappa shape index (κ3) is 6.71. The van der Waals surface area contributed by atoms with E-state index in [9.17, 15) is 0 Å². The molecule has 67 heavy (non-hydrogen) atoms. The first-order chi connectivity index (χ1) is 33.3. The van der Waals surface area contributed by atoms with Gasteiger partial charge in [-0.25, -0.2) is 0 Å². The van der Waals surface area contributed by atoms with Gasteiger partial charge in [-0.15, -0.1) is 0 Å². The lowest BCUT2D eigenvalue weighted by Crippen LogP contribution is -2.19. The highest BCUT2D eigenvalue weighted by Crippen LogP contribution is 2.51. The van der Waals surface area contributed by atoms with Crippen molar-refractivity contribution >= 4 is 66.9 Å². The molecule has 0 radical (unpaired) electrons. The molecule has 322 valence electrons. The lowest BCUT2D eigenvalue weighted by atomic mass is 9.70. The van der Waals surface area contributed by atoms with Crippen LogP contribution >= 0.6 is 0 Å². The zero-order valence-corrected chi connectivity index (χ0v) is 37.5. The van der Waals surface area contributed by atoms with Crippen molar-refractivity contribution in [3.05, 3.63) is 223 Å². The van der Waals surface area contributed by atoms with Crippen LogP contribution in [0.5, 0.6) is 0 Å². The van der Waals surface area contributed by atoms with Crippen molar-refractivity contribution < 1.29 is 4.42 Å². The molecule has 13 rings (SSSR count). The maximum absolute atomic E-state index is 6.50. The summed E-state index contributed by atoms with van der Waals surface area (Å²) in [5, 5.41) is 4.76. The van der Waals surface area contributed by atoms with Crippen molar-refractivity contribution in [3.8, 4) is 39.1 Å². The molecular weight excluding hydrogens is 813 g/mol. The first-order valence-electron chi connectivity index (χ1n) is 24.1. The van der Waals surface area contributed by atoms with E-state index in [-0.39, 0.29) is 0 Å². The van der Waals surface area contributed by atoms with Crippen molar-refractivity contribution in [2.24, 2.45) is 5.92 Å². The van der Waals surface area contributed by atoms with Crippen molar-refractivity contribution in [2.45, 2.75) is 44.4 Å². The van der Waals surface area contributed by atoms with Crippen LogP contribution in [0.2, 0.25) is 0 Å². The molecule has 2 aliphatic rings. The lowest BCUT2D eigenvalue weighted by molar-refractivity contribution is 0.304. The van der Waals surface area contributed by atoms with Crippen molar-refractivity contribution in [1.82, 2.24) is 4.57 Å². The van der Waals surface area contributed by atoms with Crippen LogP contribution in [-0.4, -0.2) is 4.57 Å². The molecule has 1 fully saturated rings. The van der Waals surface area contributed by atoms with E-state index in [1.54, 1.807) is 0 Å². The Morgan fingerprint density at radius 2 is 1.10 bits per heavy atom. The summed E-state index contributed by atoms with van der Waals surface area (Å²) >= 11 is 0. The number of allylic oxidation sites excluding steroid dienone is 1. The molecule has 0 spiro atoms. The highest BCUT2D eigenvalue weighted by Gasteiger charge is 2.31. The van der Waals surface area contributed by atoms with Gasteiger partial charge >= 0.3 is 0 Å². The first-order valence-corrected chi connectivity index (χ1v) is 24.1. The number of fused-ring (bicyclic) bond motifs is 7. The van der Waals surface area contributed by atoms with E-state index in [0.717, 1.165) is 67.8 Å². The van der Waals surface area contributed by atoms with Gasteiger partial charge in [0.1, 0.15) is 11.2 Å². The molecule has 2 aromatic heterocycles. The number of anilines is 3. The summed E-state index contributed by atoms with van der Waals surface area (Å²) in [6.07, 6.45) is 12.6. The van der Waals surface area contributed by atoms with Crippen LogP contribution < -0.4 is 4.90 Å². The van der Waals surface area contributed by atoms with Crippen LogP contribution in [0.4, 0.5) is 17.1 Å². The molecule has 0 aliphatic heterocycles. The maximum Gasteiger partial charge on any atom is 0.136 e. The van der Waals surface area contributed by atoms with E-state index in [4.69, 9.17) is 4.42 Å². The fourth-order valence-electron chi connectivity index (χ4n) is 11.8. The van der Waals surface area contributed by atoms with Gasteiger partial charge in [0, 0.05) is 44.0 Å². The molecule has 3 nitrogen and oxygen atoms in total. The number of hydrogen-bond acceptors (Lipinski definition) is 2. The maximum atomic E-state index is 6.50. The largest absolute Gasteiger partial charge is 0.456 e. The quantitative estimate of drug-likeness (QED) is 0.152. The number of rotatable bonds is 8. The van der Waals surface area contributed by atoms with Gasteiger partial charge < -0.3 is 13.9 Å². The Morgan fingerprint density at radius 1 is 0.463 bits per heavy atom. The van der Waals surface area contributed by atoms with Crippen molar-refractivity contribution in [3.63, 3.8) is 0 Å². The molecule has 2 heterocycles. The second-order valence-corrected chi connectivity index (χ2v) is 18.6. The Kier molecular flexibility index (Phi) is 9.74. The Hall–Kier alpha value is -7.88. The van der Waals surface area contributed by atoms with Gasteiger partial charge in [-0.3, -0.25) is 0 Å². The number of hydrogen-bond donors (Lipinski definition) is 0. The molecule has 0 saturated heterocycles. The molecule has 1 unspecified atom stereocenters. The molecule has 1 saturated carbocycles. The van der Waals surface area contributed by atoms with Gasteiger partial charge in [-0.1, -0.05) is 177 Å². The van der Waals surface area contributed by atoms with E-state index in [2.05, 4.69) is 228 Å². The summed E-state index contributed by atoms with van der Waals surface area (Å²) in [6.45, 7) is 0. The third-order valence-electron chi connectivity index (χ3n) is 14.8. The summed E-state index contributed by atoms with van der Waals surface area (Å²) in [4.78, 5) is 2.53. The molecule has 9 aromatic carbocycles. The molecule has 1 atom stereocenters. The summed E-state index contributed by atoms with van der Waals surface area (Å²) in [5.74, 6) is 1.20. The van der Waals surface area contributed by atoms with Gasteiger partial charge in [0.15, 0.2) is 0 Å². The monoisotopic (exact) mass is 862 g/mol. The van der Waals surface area contributed by atoms with E-state index in [1.807, 2.05) is 0 Å². The Bertz CT molecular complexity index is 3680. The van der Waals surface area contributed by atoms with E-state index >= 15 is 0 Å². The summed E-state index contributed by atoms with van der Waals surface area (Å²) < 4.78 is 8.91. The van der Waals surface area contributed by atoms with Crippen LogP contribution in [-0.2, 0) is 0 Å². The van der Waals surface area contributed by atoms with Gasteiger partial charge in [-0.05, 0) is 125 Å². The predicted octanol–water partition coefficient (Wildman–Crippen LogP) is 18.2. The summed E-state index contributed by atoms with van der Waals surface area (Å²) in [7, 11) is 0. The fourth-order valence-corrected chi connectivity index (χ4v) is 11.8. The summed E-state index contributed by atoms with van der Waals surface area (Å²) in [5.41, 5.74) is 18.8. The Labute approximate surface area is 391 Å². The zero-order chi connectivity index (χ0) is 44.3. The lowest BCUT2D eigenvalue weighted by Gasteiger charge is -2.35. The highest BCUT2D eigenvalue weighted by atomic mass is 16.3. The van der Waals surface area contributed by atoms with Crippen LogP contribution in [0.1, 0.15) is 55.6 Å². The van der Waals surface area contributed by atoms with E-state index in [1.165, 1.54) is 81.7 Å². The predicted molar refractivity (Wildman–Crippen MR) is 282 cm³/mol. The highest BCUT2D eigenvalue weighted by molar-refractivity contribution is 6.14. The molecule has 0 N–H and O–H groups in total. The molecule has 0 bridgehead atoms.